The molecule has 2 aromatic rings. The zero-order chi connectivity index (χ0) is 13.8. The third-order valence-electron chi connectivity index (χ3n) is 3.12. The predicted molar refractivity (Wildman–Crippen MR) is 83.9 cm³/mol. The first kappa shape index (κ1) is 14.4. The van der Waals surface area contributed by atoms with Gasteiger partial charge in [-0.15, -0.1) is 11.6 Å². The minimum Gasteiger partial charge on any atom is -0.488 e. The maximum absolute atomic E-state index is 5.83. The molecule has 0 aromatic heterocycles. The smallest absolute Gasteiger partial charge is 0.134 e. The molecular weight excluding hydrogens is 324 g/mol. The second-order valence-corrected chi connectivity index (χ2v) is 5.73. The highest BCUT2D eigenvalue weighted by Crippen LogP contribution is 2.27. The van der Waals surface area contributed by atoms with E-state index in [1.165, 1.54) is 16.7 Å². The number of rotatable bonds is 4. The molecule has 0 fully saturated rings. The van der Waals surface area contributed by atoms with Crippen LogP contribution < -0.4 is 4.74 Å². The minimum atomic E-state index is 0.510. The molecule has 0 radical (unpaired) electrons. The standard InChI is InChI=1S/C16H16BrClO/c1-11-3-4-14(7-12(11)2)10-19-16-6-5-13(9-18)8-15(16)17/h3-8H,9-10H2,1-2H3. The summed E-state index contributed by atoms with van der Waals surface area (Å²) in [5, 5.41) is 0. The van der Waals surface area contributed by atoms with E-state index < -0.39 is 0 Å². The van der Waals surface area contributed by atoms with E-state index in [4.69, 9.17) is 16.3 Å². The lowest BCUT2D eigenvalue weighted by Crippen LogP contribution is -1.97. The summed E-state index contributed by atoms with van der Waals surface area (Å²) in [5.74, 6) is 1.35. The highest BCUT2D eigenvalue weighted by molar-refractivity contribution is 9.10. The fraction of sp³-hybridized carbons (Fsp3) is 0.250. The van der Waals surface area contributed by atoms with Crippen LogP contribution in [0.3, 0.4) is 0 Å². The normalized spacial score (nSPS) is 10.5. The van der Waals surface area contributed by atoms with E-state index >= 15 is 0 Å². The second-order valence-electron chi connectivity index (χ2n) is 4.61. The SMILES string of the molecule is Cc1ccc(COc2ccc(CCl)cc2Br)cc1C. The van der Waals surface area contributed by atoms with Gasteiger partial charge < -0.3 is 4.74 Å². The van der Waals surface area contributed by atoms with Crippen LogP contribution >= 0.6 is 27.5 Å². The molecule has 0 atom stereocenters. The lowest BCUT2D eigenvalue weighted by Gasteiger charge is -2.10. The Bertz CT molecular complexity index is 581. The molecule has 0 bridgehead atoms. The van der Waals surface area contributed by atoms with Crippen molar-refractivity contribution < 1.29 is 4.74 Å². The molecule has 19 heavy (non-hydrogen) atoms. The zero-order valence-electron chi connectivity index (χ0n) is 11.0. The monoisotopic (exact) mass is 338 g/mol. The first-order valence-electron chi connectivity index (χ1n) is 6.13. The molecule has 100 valence electrons. The molecule has 0 heterocycles. The third kappa shape index (κ3) is 3.74. The van der Waals surface area contributed by atoms with Gasteiger partial charge in [-0.05, 0) is 64.2 Å². The summed E-state index contributed by atoms with van der Waals surface area (Å²) in [4.78, 5) is 0. The van der Waals surface area contributed by atoms with Crippen LogP contribution in [0, 0.1) is 13.8 Å². The zero-order valence-corrected chi connectivity index (χ0v) is 13.4. The molecule has 0 spiro atoms. The molecule has 0 unspecified atom stereocenters. The van der Waals surface area contributed by atoms with Gasteiger partial charge in [-0.25, -0.2) is 0 Å². The largest absolute Gasteiger partial charge is 0.488 e. The van der Waals surface area contributed by atoms with Crippen molar-refractivity contribution in [3.05, 3.63) is 63.1 Å². The Morgan fingerprint density at radius 3 is 2.37 bits per heavy atom. The van der Waals surface area contributed by atoms with Crippen molar-refractivity contribution in [1.29, 1.82) is 0 Å². The van der Waals surface area contributed by atoms with Crippen molar-refractivity contribution in [2.75, 3.05) is 0 Å². The van der Waals surface area contributed by atoms with Gasteiger partial charge >= 0.3 is 0 Å². The maximum atomic E-state index is 5.83. The molecule has 0 aliphatic carbocycles. The van der Waals surface area contributed by atoms with E-state index in [1.54, 1.807) is 0 Å². The summed E-state index contributed by atoms with van der Waals surface area (Å²) in [6.45, 7) is 4.80. The number of halogens is 2. The fourth-order valence-electron chi connectivity index (χ4n) is 1.80. The quantitative estimate of drug-likeness (QED) is 0.679. The van der Waals surface area contributed by atoms with Crippen molar-refractivity contribution in [1.82, 2.24) is 0 Å². The van der Waals surface area contributed by atoms with Crippen LogP contribution in [0.15, 0.2) is 40.9 Å². The Morgan fingerprint density at radius 2 is 1.74 bits per heavy atom. The number of ether oxygens (including phenoxy) is 1. The van der Waals surface area contributed by atoms with Gasteiger partial charge in [-0.3, -0.25) is 0 Å². The lowest BCUT2D eigenvalue weighted by molar-refractivity contribution is 0.304. The molecule has 2 rings (SSSR count). The molecule has 0 saturated carbocycles. The van der Waals surface area contributed by atoms with Crippen molar-refractivity contribution in [3.63, 3.8) is 0 Å². The van der Waals surface area contributed by atoms with Crippen LogP contribution in [0.25, 0.3) is 0 Å². The Balaban J connectivity index is 2.07. The Morgan fingerprint density at radius 1 is 1.00 bits per heavy atom. The van der Waals surface area contributed by atoms with Gasteiger partial charge in [0.05, 0.1) is 4.47 Å². The van der Waals surface area contributed by atoms with Crippen molar-refractivity contribution in [2.24, 2.45) is 0 Å². The minimum absolute atomic E-state index is 0.510. The summed E-state index contributed by atoms with van der Waals surface area (Å²) in [5.41, 5.74) is 4.84. The summed E-state index contributed by atoms with van der Waals surface area (Å²) in [6, 6.07) is 12.3. The van der Waals surface area contributed by atoms with Gasteiger partial charge in [0, 0.05) is 5.88 Å². The van der Waals surface area contributed by atoms with Crippen LogP contribution in [0.1, 0.15) is 22.3 Å². The Hall–Kier alpha value is -0.990. The number of hydrogen-bond donors (Lipinski definition) is 0. The topological polar surface area (TPSA) is 9.23 Å². The second kappa shape index (κ2) is 6.44. The van der Waals surface area contributed by atoms with E-state index in [0.717, 1.165) is 15.8 Å². The van der Waals surface area contributed by atoms with Gasteiger partial charge in [-0.1, -0.05) is 24.3 Å². The molecule has 3 heteroatoms. The van der Waals surface area contributed by atoms with Crippen LogP contribution in [0.4, 0.5) is 0 Å². The van der Waals surface area contributed by atoms with Gasteiger partial charge in [0.1, 0.15) is 12.4 Å². The van der Waals surface area contributed by atoms with Gasteiger partial charge in [0.15, 0.2) is 0 Å². The number of aryl methyl sites for hydroxylation is 2. The van der Waals surface area contributed by atoms with Crippen molar-refractivity contribution >= 4 is 27.5 Å². The van der Waals surface area contributed by atoms with E-state index in [2.05, 4.69) is 48.0 Å². The summed E-state index contributed by atoms with van der Waals surface area (Å²) >= 11 is 9.30. The fourth-order valence-corrected chi connectivity index (χ4v) is 2.51. The van der Waals surface area contributed by atoms with E-state index in [0.29, 0.717) is 12.5 Å². The van der Waals surface area contributed by atoms with Crippen LogP contribution in [-0.2, 0) is 12.5 Å². The predicted octanol–water partition coefficient (Wildman–Crippen LogP) is 5.38. The first-order valence-corrected chi connectivity index (χ1v) is 7.46. The highest BCUT2D eigenvalue weighted by atomic mass is 79.9. The summed E-state index contributed by atoms with van der Waals surface area (Å²) in [7, 11) is 0. The molecule has 0 aliphatic heterocycles. The molecule has 0 saturated heterocycles. The van der Waals surface area contributed by atoms with E-state index in [-0.39, 0.29) is 0 Å². The van der Waals surface area contributed by atoms with E-state index in [9.17, 15) is 0 Å². The van der Waals surface area contributed by atoms with Crippen molar-refractivity contribution in [2.45, 2.75) is 26.3 Å². The molecule has 2 aromatic carbocycles. The average Bonchev–Trinajstić information content (AvgIpc) is 2.41. The van der Waals surface area contributed by atoms with Gasteiger partial charge in [-0.2, -0.15) is 0 Å². The average molecular weight is 340 g/mol. The Kier molecular flexibility index (Phi) is 4.89. The molecule has 1 nitrogen and oxygen atoms in total. The number of hydrogen-bond acceptors (Lipinski definition) is 1. The number of benzene rings is 2. The third-order valence-corrected chi connectivity index (χ3v) is 4.04. The van der Waals surface area contributed by atoms with Crippen LogP contribution in [0.5, 0.6) is 5.75 Å². The molecular formula is C16H16BrClO. The van der Waals surface area contributed by atoms with Crippen LogP contribution in [0.2, 0.25) is 0 Å². The summed E-state index contributed by atoms with van der Waals surface area (Å²) < 4.78 is 6.77. The summed E-state index contributed by atoms with van der Waals surface area (Å²) in [6.07, 6.45) is 0. The van der Waals surface area contributed by atoms with Crippen molar-refractivity contribution in [3.8, 4) is 5.75 Å². The van der Waals surface area contributed by atoms with Crippen LogP contribution in [-0.4, -0.2) is 0 Å². The number of alkyl halides is 1. The maximum Gasteiger partial charge on any atom is 0.134 e. The molecule has 0 N–H and O–H groups in total. The molecule has 0 amide bonds. The highest BCUT2D eigenvalue weighted by Gasteiger charge is 2.03. The lowest BCUT2D eigenvalue weighted by atomic mass is 10.1. The van der Waals surface area contributed by atoms with Gasteiger partial charge in [0.2, 0.25) is 0 Å². The molecule has 0 aliphatic rings. The van der Waals surface area contributed by atoms with E-state index in [1.807, 2.05) is 18.2 Å². The van der Waals surface area contributed by atoms with Gasteiger partial charge in [0.25, 0.3) is 0 Å². The first-order chi connectivity index (χ1) is 9.10. The Labute approximate surface area is 127 Å².